The zero-order valence-electron chi connectivity index (χ0n) is 15.0. The molecular weight excluding hydrogens is 354 g/mol. The molecule has 0 N–H and O–H groups in total. The first-order chi connectivity index (χ1) is 12.3. The molecule has 0 saturated carbocycles. The van der Waals surface area contributed by atoms with Crippen molar-refractivity contribution in [1.82, 2.24) is 9.88 Å². The number of fused-ring (bicyclic) bond motifs is 1. The Bertz CT molecular complexity index is 886. The Hall–Kier alpha value is -2.52. The Kier molecular flexibility index (Phi) is 4.92. The molecule has 7 heteroatoms. The third-order valence-corrected chi connectivity index (χ3v) is 4.28. The van der Waals surface area contributed by atoms with Gasteiger partial charge in [-0.25, -0.2) is 9.78 Å². The molecule has 26 heavy (non-hydrogen) atoms. The van der Waals surface area contributed by atoms with Gasteiger partial charge in [0.15, 0.2) is 0 Å². The molecule has 1 aliphatic rings. The fourth-order valence-corrected chi connectivity index (χ4v) is 3.11. The van der Waals surface area contributed by atoms with E-state index in [1.807, 2.05) is 39.0 Å². The summed E-state index contributed by atoms with van der Waals surface area (Å²) in [6, 6.07) is 9.14. The first-order valence-electron chi connectivity index (χ1n) is 8.41. The van der Waals surface area contributed by atoms with Gasteiger partial charge < -0.3 is 14.4 Å². The minimum atomic E-state index is -0.539. The Morgan fingerprint density at radius 1 is 1.42 bits per heavy atom. The van der Waals surface area contributed by atoms with Gasteiger partial charge in [0.25, 0.3) is 0 Å². The van der Waals surface area contributed by atoms with Crippen molar-refractivity contribution in [2.75, 3.05) is 13.1 Å². The summed E-state index contributed by atoms with van der Waals surface area (Å²) in [4.78, 5) is 18.1. The summed E-state index contributed by atoms with van der Waals surface area (Å²) in [5, 5.41) is 11.2. The topological polar surface area (TPSA) is 75.4 Å². The fourth-order valence-electron chi connectivity index (χ4n) is 2.85. The summed E-state index contributed by atoms with van der Waals surface area (Å²) < 4.78 is 11.4. The Labute approximate surface area is 157 Å². The molecule has 1 saturated heterocycles. The standard InChI is InChI=1S/C19H20ClN3O3/c1-19(2,3)26-18(24)23-8-7-14(11-23)25-17-16-12(5-4-6-15(16)20)9-13(10-21)22-17/h4-6,9,14H,7-8,11H2,1-3H3. The van der Waals surface area contributed by atoms with Gasteiger partial charge in [-0.1, -0.05) is 23.7 Å². The van der Waals surface area contributed by atoms with Crippen LogP contribution in [0.2, 0.25) is 5.02 Å². The van der Waals surface area contributed by atoms with Crippen molar-refractivity contribution in [2.24, 2.45) is 0 Å². The molecule has 0 aliphatic carbocycles. The second-order valence-electron chi connectivity index (χ2n) is 7.22. The van der Waals surface area contributed by atoms with Gasteiger partial charge in [-0.2, -0.15) is 5.26 Å². The number of halogens is 1. The van der Waals surface area contributed by atoms with Crippen molar-refractivity contribution in [3.63, 3.8) is 0 Å². The minimum Gasteiger partial charge on any atom is -0.472 e. The van der Waals surface area contributed by atoms with Crippen molar-refractivity contribution in [3.8, 4) is 11.9 Å². The number of amides is 1. The van der Waals surface area contributed by atoms with Crippen molar-refractivity contribution in [2.45, 2.75) is 38.9 Å². The molecule has 0 radical (unpaired) electrons. The predicted octanol–water partition coefficient (Wildman–Crippen LogP) is 4.15. The van der Waals surface area contributed by atoms with E-state index in [4.69, 9.17) is 21.1 Å². The van der Waals surface area contributed by atoms with E-state index in [2.05, 4.69) is 4.98 Å². The van der Waals surface area contributed by atoms with Gasteiger partial charge in [0.1, 0.15) is 23.5 Å². The molecule has 1 amide bonds. The van der Waals surface area contributed by atoms with Crippen LogP contribution in [0.15, 0.2) is 24.3 Å². The number of nitrogens with zero attached hydrogens (tertiary/aromatic N) is 3. The lowest BCUT2D eigenvalue weighted by Crippen LogP contribution is -2.36. The van der Waals surface area contributed by atoms with E-state index in [1.54, 1.807) is 17.0 Å². The summed E-state index contributed by atoms with van der Waals surface area (Å²) in [6.07, 6.45) is 0.0672. The van der Waals surface area contributed by atoms with Crippen LogP contribution in [-0.2, 0) is 4.74 Å². The number of hydrogen-bond acceptors (Lipinski definition) is 5. The highest BCUT2D eigenvalue weighted by Gasteiger charge is 2.31. The number of pyridine rings is 1. The second kappa shape index (κ2) is 7.00. The number of likely N-dealkylation sites (tertiary alicyclic amines) is 1. The van der Waals surface area contributed by atoms with Gasteiger partial charge in [-0.15, -0.1) is 0 Å². The van der Waals surface area contributed by atoms with Crippen LogP contribution in [0.4, 0.5) is 4.79 Å². The fraction of sp³-hybridized carbons (Fsp3) is 0.421. The van der Waals surface area contributed by atoms with Crippen LogP contribution >= 0.6 is 11.6 Å². The van der Waals surface area contributed by atoms with Crippen LogP contribution in [-0.4, -0.2) is 40.8 Å². The van der Waals surface area contributed by atoms with Crippen molar-refractivity contribution < 1.29 is 14.3 Å². The molecule has 3 rings (SSSR count). The van der Waals surface area contributed by atoms with Crippen molar-refractivity contribution >= 4 is 28.5 Å². The number of rotatable bonds is 2. The van der Waals surface area contributed by atoms with Crippen LogP contribution in [0.1, 0.15) is 32.9 Å². The van der Waals surface area contributed by atoms with E-state index < -0.39 is 5.60 Å². The van der Waals surface area contributed by atoms with E-state index in [0.717, 1.165) is 5.39 Å². The van der Waals surface area contributed by atoms with Crippen LogP contribution < -0.4 is 4.74 Å². The van der Waals surface area contributed by atoms with E-state index >= 15 is 0 Å². The summed E-state index contributed by atoms with van der Waals surface area (Å²) in [6.45, 7) is 6.45. The van der Waals surface area contributed by atoms with Crippen molar-refractivity contribution in [1.29, 1.82) is 5.26 Å². The second-order valence-corrected chi connectivity index (χ2v) is 7.62. The van der Waals surface area contributed by atoms with Gasteiger partial charge in [-0.3, -0.25) is 0 Å². The van der Waals surface area contributed by atoms with Gasteiger partial charge in [0.2, 0.25) is 5.88 Å². The summed E-state index contributed by atoms with van der Waals surface area (Å²) in [7, 11) is 0. The predicted molar refractivity (Wildman–Crippen MR) is 98.3 cm³/mol. The van der Waals surface area contributed by atoms with E-state index in [0.29, 0.717) is 35.8 Å². The van der Waals surface area contributed by atoms with Crippen LogP contribution in [0.25, 0.3) is 10.8 Å². The number of nitriles is 1. The lowest BCUT2D eigenvalue weighted by Gasteiger charge is -2.24. The zero-order chi connectivity index (χ0) is 18.9. The van der Waals surface area contributed by atoms with Gasteiger partial charge in [0, 0.05) is 13.0 Å². The molecule has 2 heterocycles. The lowest BCUT2D eigenvalue weighted by molar-refractivity contribution is 0.0275. The monoisotopic (exact) mass is 373 g/mol. The average molecular weight is 374 g/mol. The third-order valence-electron chi connectivity index (χ3n) is 3.96. The first-order valence-corrected chi connectivity index (χ1v) is 8.78. The summed E-state index contributed by atoms with van der Waals surface area (Å²) in [5.74, 6) is 0.320. The molecule has 1 aliphatic heterocycles. The number of benzene rings is 1. The molecule has 1 aromatic heterocycles. The molecule has 1 aromatic carbocycles. The average Bonchev–Trinajstić information content (AvgIpc) is 3.01. The van der Waals surface area contributed by atoms with Crippen LogP contribution in [0.5, 0.6) is 5.88 Å². The molecule has 1 unspecified atom stereocenters. The first kappa shape index (κ1) is 18.3. The van der Waals surface area contributed by atoms with Crippen molar-refractivity contribution in [3.05, 3.63) is 35.0 Å². The lowest BCUT2D eigenvalue weighted by atomic mass is 10.1. The quantitative estimate of drug-likeness (QED) is 0.790. The highest BCUT2D eigenvalue weighted by molar-refractivity contribution is 6.36. The van der Waals surface area contributed by atoms with Gasteiger partial charge >= 0.3 is 6.09 Å². The SMILES string of the molecule is CC(C)(C)OC(=O)N1CCC(Oc2nc(C#N)cc3cccc(Cl)c23)C1. The summed E-state index contributed by atoms with van der Waals surface area (Å²) in [5.41, 5.74) is -0.278. The molecule has 6 nitrogen and oxygen atoms in total. The summed E-state index contributed by atoms with van der Waals surface area (Å²) >= 11 is 6.31. The molecule has 0 spiro atoms. The third kappa shape index (κ3) is 4.00. The molecular formula is C19H20ClN3O3. The van der Waals surface area contributed by atoms with Crippen LogP contribution in [0.3, 0.4) is 0 Å². The number of hydrogen-bond donors (Lipinski definition) is 0. The normalized spacial score (nSPS) is 17.2. The molecule has 1 fully saturated rings. The maximum Gasteiger partial charge on any atom is 0.410 e. The largest absolute Gasteiger partial charge is 0.472 e. The number of aromatic nitrogens is 1. The highest BCUT2D eigenvalue weighted by Crippen LogP contribution is 2.32. The zero-order valence-corrected chi connectivity index (χ0v) is 15.7. The molecule has 0 bridgehead atoms. The van der Waals surface area contributed by atoms with Crippen LogP contribution in [0, 0.1) is 11.3 Å². The Morgan fingerprint density at radius 2 is 2.19 bits per heavy atom. The van der Waals surface area contributed by atoms with Gasteiger partial charge in [0.05, 0.1) is 17.0 Å². The highest BCUT2D eigenvalue weighted by atomic mass is 35.5. The molecule has 1 atom stereocenters. The maximum absolute atomic E-state index is 12.2. The van der Waals surface area contributed by atoms with Gasteiger partial charge in [-0.05, 0) is 38.3 Å². The molecule has 2 aromatic rings. The smallest absolute Gasteiger partial charge is 0.410 e. The molecule has 136 valence electrons. The van der Waals surface area contributed by atoms with E-state index in [-0.39, 0.29) is 17.9 Å². The number of carbonyl (C=O) groups is 1. The number of carbonyl (C=O) groups excluding carboxylic acids is 1. The Balaban J connectivity index is 1.80. The minimum absolute atomic E-state index is 0.233. The van der Waals surface area contributed by atoms with E-state index in [9.17, 15) is 10.1 Å². The number of ether oxygens (including phenoxy) is 2. The maximum atomic E-state index is 12.2. The van der Waals surface area contributed by atoms with E-state index in [1.165, 1.54) is 0 Å². The Morgan fingerprint density at radius 3 is 2.88 bits per heavy atom.